The van der Waals surface area contributed by atoms with Crippen LogP contribution in [0.15, 0.2) is 29.4 Å². The third kappa shape index (κ3) is 2.07. The van der Waals surface area contributed by atoms with Crippen molar-refractivity contribution in [1.29, 1.82) is 0 Å². The average molecular weight is 301 g/mol. The highest BCUT2D eigenvalue weighted by molar-refractivity contribution is 7.22. The van der Waals surface area contributed by atoms with Gasteiger partial charge in [-0.15, -0.1) is 0 Å². The molecular formula is C16H19N3OS. The first kappa shape index (κ1) is 13.2. The molecule has 1 aromatic heterocycles. The van der Waals surface area contributed by atoms with E-state index in [-0.39, 0.29) is 5.92 Å². The lowest BCUT2D eigenvalue weighted by molar-refractivity contribution is 0.0295. The van der Waals surface area contributed by atoms with Gasteiger partial charge in [0.2, 0.25) is 5.13 Å². The molecule has 1 fully saturated rings. The second-order valence-electron chi connectivity index (χ2n) is 6.11. The Morgan fingerprint density at radius 1 is 1.29 bits per heavy atom. The van der Waals surface area contributed by atoms with Crippen LogP contribution in [0.4, 0.5) is 5.13 Å². The number of anilines is 1. The summed E-state index contributed by atoms with van der Waals surface area (Å²) in [6.07, 6.45) is 5.62. The summed E-state index contributed by atoms with van der Waals surface area (Å²) in [6.45, 7) is 1.88. The van der Waals surface area contributed by atoms with Crippen molar-refractivity contribution in [2.45, 2.75) is 44.8 Å². The Kier molecular flexibility index (Phi) is 3.01. The number of fused-ring (bicyclic) bond motifs is 2. The Balaban J connectivity index is 1.77. The fraction of sp³-hybridized carbons (Fsp3) is 0.500. The van der Waals surface area contributed by atoms with Crippen LogP contribution in [0, 0.1) is 5.92 Å². The van der Waals surface area contributed by atoms with Crippen molar-refractivity contribution in [3.8, 4) is 0 Å². The Hall–Kier alpha value is -1.46. The van der Waals surface area contributed by atoms with E-state index in [0.717, 1.165) is 33.9 Å². The number of para-hydroxylation sites is 1. The van der Waals surface area contributed by atoms with Crippen LogP contribution >= 0.6 is 11.3 Å². The second-order valence-corrected chi connectivity index (χ2v) is 7.12. The van der Waals surface area contributed by atoms with Gasteiger partial charge in [0.15, 0.2) is 5.72 Å². The molecule has 0 amide bonds. The third-order valence-electron chi connectivity index (χ3n) is 4.61. The van der Waals surface area contributed by atoms with Gasteiger partial charge >= 0.3 is 0 Å². The van der Waals surface area contributed by atoms with E-state index in [9.17, 15) is 5.11 Å². The molecule has 21 heavy (non-hydrogen) atoms. The van der Waals surface area contributed by atoms with Crippen LogP contribution in [0.3, 0.4) is 0 Å². The van der Waals surface area contributed by atoms with Crippen molar-refractivity contribution in [3.05, 3.63) is 24.3 Å². The highest BCUT2D eigenvalue weighted by atomic mass is 32.1. The van der Waals surface area contributed by atoms with Crippen LogP contribution in [0.25, 0.3) is 10.2 Å². The normalized spacial score (nSPS) is 29.3. The lowest BCUT2D eigenvalue weighted by atomic mass is 9.89. The fourth-order valence-corrected chi connectivity index (χ4v) is 4.46. The van der Waals surface area contributed by atoms with E-state index < -0.39 is 5.72 Å². The summed E-state index contributed by atoms with van der Waals surface area (Å²) in [5.41, 5.74) is 1.17. The summed E-state index contributed by atoms with van der Waals surface area (Å²) < 4.78 is 1.13. The Bertz CT molecular complexity index is 673. The van der Waals surface area contributed by atoms with Gasteiger partial charge in [0.05, 0.1) is 10.2 Å². The first-order valence-corrected chi connectivity index (χ1v) is 8.43. The monoisotopic (exact) mass is 301 g/mol. The van der Waals surface area contributed by atoms with Gasteiger partial charge in [-0.3, -0.25) is 0 Å². The molecule has 0 unspecified atom stereocenters. The summed E-state index contributed by atoms with van der Waals surface area (Å²) in [5.74, 6) is 0.145. The first-order chi connectivity index (χ1) is 10.2. The van der Waals surface area contributed by atoms with Gasteiger partial charge in [0.25, 0.3) is 0 Å². The molecule has 1 aromatic carbocycles. The first-order valence-electron chi connectivity index (χ1n) is 7.62. The lowest BCUT2D eigenvalue weighted by Crippen LogP contribution is -2.46. The minimum absolute atomic E-state index is 0.145. The van der Waals surface area contributed by atoms with Crippen LogP contribution < -0.4 is 5.01 Å². The number of hydrogen-bond acceptors (Lipinski definition) is 5. The molecule has 0 saturated heterocycles. The molecule has 110 valence electrons. The number of rotatable bonds is 1. The Morgan fingerprint density at radius 3 is 3.00 bits per heavy atom. The summed E-state index contributed by atoms with van der Waals surface area (Å²) in [6, 6.07) is 8.07. The molecule has 0 radical (unpaired) electrons. The van der Waals surface area contributed by atoms with Crippen LogP contribution in [0.5, 0.6) is 0 Å². The molecule has 2 aromatic rings. The molecule has 1 saturated carbocycles. The van der Waals surface area contributed by atoms with Crippen LogP contribution in [-0.2, 0) is 0 Å². The predicted octanol–water partition coefficient (Wildman–Crippen LogP) is 3.76. The van der Waals surface area contributed by atoms with Crippen LogP contribution in [0.1, 0.15) is 39.0 Å². The highest BCUT2D eigenvalue weighted by Crippen LogP contribution is 2.42. The zero-order chi connectivity index (χ0) is 14.4. The number of benzene rings is 1. The highest BCUT2D eigenvalue weighted by Gasteiger charge is 2.47. The minimum Gasteiger partial charge on any atom is -0.369 e. The molecule has 4 nitrogen and oxygen atoms in total. The van der Waals surface area contributed by atoms with Gasteiger partial charge in [-0.05, 0) is 38.3 Å². The van der Waals surface area contributed by atoms with E-state index in [1.165, 1.54) is 19.3 Å². The third-order valence-corrected chi connectivity index (χ3v) is 5.62. The number of thiazole rings is 1. The number of hydrazone groups is 1. The van der Waals surface area contributed by atoms with Gasteiger partial charge in [0.1, 0.15) is 0 Å². The zero-order valence-corrected chi connectivity index (χ0v) is 12.9. The molecule has 5 heteroatoms. The summed E-state index contributed by atoms with van der Waals surface area (Å²) in [7, 11) is 0. The number of aromatic nitrogens is 1. The van der Waals surface area contributed by atoms with Gasteiger partial charge < -0.3 is 5.11 Å². The number of nitrogens with zero attached hydrogens (tertiary/aromatic N) is 3. The molecule has 1 N–H and O–H groups in total. The molecule has 1 aliphatic heterocycles. The standard InChI is InChI=1S/C16H19N3OS/c1-16(20)11-7-3-2-4-8-12(11)18-19(16)15-17-13-9-5-6-10-14(13)21-15/h5-6,9-11,20H,2-4,7-8H2,1H3/t11-,16+/m1/s1. The van der Waals surface area contributed by atoms with Crippen LogP contribution in [-0.4, -0.2) is 21.5 Å². The van der Waals surface area contributed by atoms with E-state index in [4.69, 9.17) is 5.10 Å². The average Bonchev–Trinajstić information content (AvgIpc) is 2.87. The second kappa shape index (κ2) is 4.78. The SMILES string of the molecule is C[C@]1(O)[C@@H]2CCCCCC2=NN1c1nc2ccccc2s1. The largest absolute Gasteiger partial charge is 0.369 e. The molecule has 2 aliphatic rings. The van der Waals surface area contributed by atoms with E-state index in [1.807, 2.05) is 25.1 Å². The van der Waals surface area contributed by atoms with Crippen molar-refractivity contribution >= 4 is 32.4 Å². The Labute approximate surface area is 128 Å². The fourth-order valence-electron chi connectivity index (χ4n) is 3.45. The van der Waals surface area contributed by atoms with E-state index in [2.05, 4.69) is 11.1 Å². The molecular weight excluding hydrogens is 282 g/mol. The van der Waals surface area contributed by atoms with Gasteiger partial charge in [-0.25, -0.2) is 9.99 Å². The van der Waals surface area contributed by atoms with Gasteiger partial charge in [-0.1, -0.05) is 36.3 Å². The molecule has 0 bridgehead atoms. The van der Waals surface area contributed by atoms with E-state index >= 15 is 0 Å². The maximum Gasteiger partial charge on any atom is 0.209 e. The van der Waals surface area contributed by atoms with Crippen molar-refractivity contribution < 1.29 is 5.11 Å². The van der Waals surface area contributed by atoms with Gasteiger partial charge in [-0.2, -0.15) is 5.10 Å². The maximum atomic E-state index is 11.0. The molecule has 2 atom stereocenters. The van der Waals surface area contributed by atoms with E-state index in [0.29, 0.717) is 0 Å². The minimum atomic E-state index is -0.951. The quantitative estimate of drug-likeness (QED) is 0.872. The van der Waals surface area contributed by atoms with Crippen molar-refractivity contribution in [2.75, 3.05) is 5.01 Å². The molecule has 4 rings (SSSR count). The number of aliphatic hydroxyl groups is 1. The summed E-state index contributed by atoms with van der Waals surface area (Å²) in [4.78, 5) is 4.65. The van der Waals surface area contributed by atoms with Crippen molar-refractivity contribution in [2.24, 2.45) is 11.0 Å². The zero-order valence-electron chi connectivity index (χ0n) is 12.1. The smallest absolute Gasteiger partial charge is 0.209 e. The molecule has 1 aliphatic carbocycles. The maximum absolute atomic E-state index is 11.0. The summed E-state index contributed by atoms with van der Waals surface area (Å²) in [5, 5.41) is 18.3. The predicted molar refractivity (Wildman–Crippen MR) is 86.7 cm³/mol. The van der Waals surface area contributed by atoms with Crippen molar-refractivity contribution in [3.63, 3.8) is 0 Å². The topological polar surface area (TPSA) is 48.7 Å². The molecule has 0 spiro atoms. The van der Waals surface area contributed by atoms with Crippen LogP contribution in [0.2, 0.25) is 0 Å². The van der Waals surface area contributed by atoms with Crippen molar-refractivity contribution in [1.82, 2.24) is 4.98 Å². The number of hydrogen-bond donors (Lipinski definition) is 1. The van der Waals surface area contributed by atoms with E-state index in [1.54, 1.807) is 16.3 Å². The summed E-state index contributed by atoms with van der Waals surface area (Å²) >= 11 is 1.60. The van der Waals surface area contributed by atoms with Gasteiger partial charge in [0, 0.05) is 11.6 Å². The lowest BCUT2D eigenvalue weighted by Gasteiger charge is -2.32. The Morgan fingerprint density at radius 2 is 2.14 bits per heavy atom. The molecule has 2 heterocycles.